The number of hydrogen-bond donors (Lipinski definition) is 2. The molecule has 1 unspecified atom stereocenters. The Bertz CT molecular complexity index is 313. The molecule has 0 aromatic heterocycles. The summed E-state index contributed by atoms with van der Waals surface area (Å²) in [4.78, 5) is 0. The van der Waals surface area contributed by atoms with Crippen LogP contribution in [0.5, 0.6) is 0 Å². The topological polar surface area (TPSA) is 90.5 Å². The van der Waals surface area contributed by atoms with Crippen LogP contribution < -0.4 is 5.73 Å². The zero-order chi connectivity index (χ0) is 12.2. The Hall–Kier alpha value is -0.660. The van der Waals surface area contributed by atoms with Crippen molar-refractivity contribution in [3.63, 3.8) is 0 Å². The van der Waals surface area contributed by atoms with Gasteiger partial charge in [0, 0.05) is 33.1 Å². The molecule has 0 fully saturated rings. The molecule has 0 amide bonds. The van der Waals surface area contributed by atoms with Crippen molar-refractivity contribution >= 4 is 16.0 Å². The maximum absolute atomic E-state index is 11.8. The zero-order valence-electron chi connectivity index (χ0n) is 9.69. The van der Waals surface area contributed by atoms with Gasteiger partial charge in [-0.3, -0.25) is 5.41 Å². The highest BCUT2D eigenvalue weighted by Crippen LogP contribution is 2.07. The van der Waals surface area contributed by atoms with Gasteiger partial charge in [0.15, 0.2) is 0 Å². The van der Waals surface area contributed by atoms with Crippen LogP contribution in [0.15, 0.2) is 0 Å². The molecule has 3 N–H and O–H groups in total. The van der Waals surface area contributed by atoms with Crippen molar-refractivity contribution in [2.45, 2.75) is 13.8 Å². The molecule has 0 aromatic carbocycles. The number of amidine groups is 1. The molecule has 0 aliphatic heterocycles. The average Bonchev–Trinajstić information content (AvgIpc) is 2.12. The first-order valence-electron chi connectivity index (χ1n) is 4.75. The van der Waals surface area contributed by atoms with Crippen molar-refractivity contribution in [3.8, 4) is 0 Å². The number of nitrogens with one attached hydrogen (secondary N) is 1. The van der Waals surface area contributed by atoms with E-state index >= 15 is 0 Å². The van der Waals surface area contributed by atoms with Gasteiger partial charge in [0.2, 0.25) is 0 Å². The Balaban J connectivity index is 4.72. The molecular formula is C8H20N4O2S. The van der Waals surface area contributed by atoms with Gasteiger partial charge in [-0.15, -0.1) is 0 Å². The first-order chi connectivity index (χ1) is 6.73. The summed E-state index contributed by atoms with van der Waals surface area (Å²) in [6.07, 6.45) is 0. The van der Waals surface area contributed by atoms with Crippen molar-refractivity contribution in [3.05, 3.63) is 0 Å². The van der Waals surface area contributed by atoms with Crippen molar-refractivity contribution in [2.24, 2.45) is 11.7 Å². The Morgan fingerprint density at radius 1 is 1.47 bits per heavy atom. The number of rotatable bonds is 6. The molecule has 0 rings (SSSR count). The third-order valence-corrected chi connectivity index (χ3v) is 4.13. The molecule has 0 bridgehead atoms. The number of hydrogen-bond acceptors (Lipinski definition) is 3. The van der Waals surface area contributed by atoms with E-state index in [1.807, 2.05) is 0 Å². The van der Waals surface area contributed by atoms with Gasteiger partial charge in [0.05, 0.1) is 5.84 Å². The van der Waals surface area contributed by atoms with E-state index in [4.69, 9.17) is 11.1 Å². The van der Waals surface area contributed by atoms with Gasteiger partial charge in [-0.05, 0) is 0 Å². The fraction of sp³-hybridized carbons (Fsp3) is 0.875. The van der Waals surface area contributed by atoms with E-state index in [-0.39, 0.29) is 18.3 Å². The molecule has 0 saturated carbocycles. The van der Waals surface area contributed by atoms with Crippen LogP contribution in [0.25, 0.3) is 0 Å². The van der Waals surface area contributed by atoms with Crippen LogP contribution in [0.1, 0.15) is 13.8 Å². The lowest BCUT2D eigenvalue weighted by Crippen LogP contribution is -2.43. The molecule has 7 heteroatoms. The van der Waals surface area contributed by atoms with E-state index in [9.17, 15) is 8.42 Å². The average molecular weight is 236 g/mol. The van der Waals surface area contributed by atoms with E-state index < -0.39 is 10.2 Å². The van der Waals surface area contributed by atoms with Crippen LogP contribution in [-0.4, -0.2) is 50.0 Å². The standard InChI is InChI=1S/C8H20N4O2S/c1-5-12(6-7(2)8(9)10)15(13,14)11(3)4/h7H,5-6H2,1-4H3,(H3,9,10). The van der Waals surface area contributed by atoms with Gasteiger partial charge in [-0.1, -0.05) is 13.8 Å². The van der Waals surface area contributed by atoms with E-state index in [2.05, 4.69) is 0 Å². The van der Waals surface area contributed by atoms with Gasteiger partial charge in [-0.25, -0.2) is 0 Å². The predicted molar refractivity (Wildman–Crippen MR) is 60.9 cm³/mol. The summed E-state index contributed by atoms with van der Waals surface area (Å²) in [5, 5.41) is 7.22. The van der Waals surface area contributed by atoms with Crippen LogP contribution in [0, 0.1) is 11.3 Å². The third kappa shape index (κ3) is 3.77. The maximum Gasteiger partial charge on any atom is 0.281 e. The van der Waals surface area contributed by atoms with E-state index in [1.165, 1.54) is 18.4 Å². The van der Waals surface area contributed by atoms with E-state index in [1.54, 1.807) is 13.8 Å². The van der Waals surface area contributed by atoms with Crippen molar-refractivity contribution in [1.82, 2.24) is 8.61 Å². The second kappa shape index (κ2) is 5.43. The summed E-state index contributed by atoms with van der Waals surface area (Å²) < 4.78 is 26.0. The second-order valence-corrected chi connectivity index (χ2v) is 5.74. The van der Waals surface area contributed by atoms with Crippen molar-refractivity contribution < 1.29 is 8.42 Å². The largest absolute Gasteiger partial charge is 0.387 e. The maximum atomic E-state index is 11.8. The molecule has 0 radical (unpaired) electrons. The smallest absolute Gasteiger partial charge is 0.281 e. The SMILES string of the molecule is CCN(CC(C)C(=N)N)S(=O)(=O)N(C)C. The van der Waals surface area contributed by atoms with Crippen LogP contribution in [0.4, 0.5) is 0 Å². The Labute approximate surface area is 91.7 Å². The molecule has 0 heterocycles. The van der Waals surface area contributed by atoms with Crippen LogP contribution in [0.2, 0.25) is 0 Å². The second-order valence-electron chi connectivity index (χ2n) is 3.60. The molecule has 0 aliphatic carbocycles. The van der Waals surface area contributed by atoms with Gasteiger partial charge in [-0.2, -0.15) is 17.0 Å². The highest BCUT2D eigenvalue weighted by Gasteiger charge is 2.25. The number of nitrogens with zero attached hydrogens (tertiary/aromatic N) is 2. The molecule has 0 aliphatic rings. The number of nitrogens with two attached hydrogens (primary N) is 1. The van der Waals surface area contributed by atoms with Crippen molar-refractivity contribution in [2.75, 3.05) is 27.2 Å². The highest BCUT2D eigenvalue weighted by molar-refractivity contribution is 7.86. The molecule has 15 heavy (non-hydrogen) atoms. The first-order valence-corrected chi connectivity index (χ1v) is 6.14. The predicted octanol–water partition coefficient (Wildman–Crippen LogP) is -0.313. The summed E-state index contributed by atoms with van der Waals surface area (Å²) >= 11 is 0. The minimum Gasteiger partial charge on any atom is -0.387 e. The summed E-state index contributed by atoms with van der Waals surface area (Å²) in [5.74, 6) is -0.262. The Morgan fingerprint density at radius 2 is 1.93 bits per heavy atom. The normalized spacial score (nSPS) is 14.5. The first kappa shape index (κ1) is 14.3. The lowest BCUT2D eigenvalue weighted by atomic mass is 10.1. The molecular weight excluding hydrogens is 216 g/mol. The van der Waals surface area contributed by atoms with Crippen molar-refractivity contribution in [1.29, 1.82) is 5.41 Å². The summed E-state index contributed by atoms with van der Waals surface area (Å²) in [6, 6.07) is 0. The quantitative estimate of drug-likeness (QED) is 0.489. The van der Waals surface area contributed by atoms with Crippen LogP contribution >= 0.6 is 0 Å². The molecule has 6 nitrogen and oxygen atoms in total. The Morgan fingerprint density at radius 3 is 2.20 bits per heavy atom. The highest BCUT2D eigenvalue weighted by atomic mass is 32.2. The van der Waals surface area contributed by atoms with Gasteiger partial charge in [0.25, 0.3) is 10.2 Å². The van der Waals surface area contributed by atoms with Gasteiger partial charge in [0.1, 0.15) is 0 Å². The fourth-order valence-corrected chi connectivity index (χ4v) is 2.22. The monoisotopic (exact) mass is 236 g/mol. The van der Waals surface area contributed by atoms with Crippen LogP contribution in [-0.2, 0) is 10.2 Å². The minimum absolute atomic E-state index is 0.00223. The molecule has 0 spiro atoms. The molecule has 90 valence electrons. The van der Waals surface area contributed by atoms with Gasteiger partial charge >= 0.3 is 0 Å². The van der Waals surface area contributed by atoms with E-state index in [0.29, 0.717) is 6.54 Å². The van der Waals surface area contributed by atoms with E-state index in [0.717, 1.165) is 4.31 Å². The molecule has 0 aromatic rings. The summed E-state index contributed by atoms with van der Waals surface area (Å²) in [7, 11) is -0.438. The fourth-order valence-electron chi connectivity index (χ4n) is 1.02. The summed E-state index contributed by atoms with van der Waals surface area (Å²) in [5.41, 5.74) is 5.31. The minimum atomic E-state index is -3.40. The Kier molecular flexibility index (Phi) is 5.19. The lowest BCUT2D eigenvalue weighted by Gasteiger charge is -2.26. The lowest BCUT2D eigenvalue weighted by molar-refractivity contribution is 0.370. The van der Waals surface area contributed by atoms with Crippen LogP contribution in [0.3, 0.4) is 0 Å². The molecule has 1 atom stereocenters. The summed E-state index contributed by atoms with van der Waals surface area (Å²) in [6.45, 7) is 4.11. The molecule has 0 saturated heterocycles. The zero-order valence-corrected chi connectivity index (χ0v) is 10.5. The van der Waals surface area contributed by atoms with Gasteiger partial charge < -0.3 is 5.73 Å². The third-order valence-electron chi connectivity index (χ3n) is 2.15.